The third-order valence-corrected chi connectivity index (χ3v) is 6.01. The van der Waals surface area contributed by atoms with Crippen LogP contribution in [0.4, 0.5) is 0 Å². The van der Waals surface area contributed by atoms with E-state index in [2.05, 4.69) is 17.9 Å². The summed E-state index contributed by atoms with van der Waals surface area (Å²) < 4.78 is 11.3. The quantitative estimate of drug-likeness (QED) is 0.888. The molecule has 3 aliphatic rings. The zero-order valence-electron chi connectivity index (χ0n) is 15.6. The van der Waals surface area contributed by atoms with Crippen LogP contribution in [0.1, 0.15) is 37.8 Å². The highest BCUT2D eigenvalue weighted by Gasteiger charge is 2.36. The second-order valence-electron chi connectivity index (χ2n) is 8.12. The highest BCUT2D eigenvalue weighted by Crippen LogP contribution is 2.38. The van der Waals surface area contributed by atoms with Gasteiger partial charge in [0.15, 0.2) is 11.5 Å². The van der Waals surface area contributed by atoms with Crippen molar-refractivity contribution >= 4 is 5.91 Å². The fourth-order valence-electron chi connectivity index (χ4n) is 4.39. The normalized spacial score (nSPS) is 28.5. The van der Waals surface area contributed by atoms with E-state index in [0.717, 1.165) is 56.0 Å². The number of ether oxygens (including phenoxy) is 2. The lowest BCUT2D eigenvalue weighted by molar-refractivity contribution is -0.133. The number of carbonyl (C=O) groups excluding carboxylic acids is 1. The number of fused-ring (bicyclic) bond motifs is 1. The van der Waals surface area contributed by atoms with Crippen LogP contribution in [0.25, 0.3) is 0 Å². The number of nitrogens with two attached hydrogens (primary N) is 1. The van der Waals surface area contributed by atoms with Crippen LogP contribution < -0.4 is 15.2 Å². The number of amides is 1. The van der Waals surface area contributed by atoms with Gasteiger partial charge in [-0.25, -0.2) is 0 Å². The minimum atomic E-state index is 0.141. The molecule has 0 bridgehead atoms. The van der Waals surface area contributed by atoms with E-state index in [-0.39, 0.29) is 17.4 Å². The summed E-state index contributed by atoms with van der Waals surface area (Å²) in [5.74, 6) is 1.82. The third-order valence-electron chi connectivity index (χ3n) is 6.01. The zero-order chi connectivity index (χ0) is 18.1. The first kappa shape index (κ1) is 17.6. The van der Waals surface area contributed by atoms with E-state index in [4.69, 9.17) is 15.2 Å². The van der Waals surface area contributed by atoms with E-state index in [1.807, 2.05) is 17.0 Å². The van der Waals surface area contributed by atoms with Gasteiger partial charge in [-0.3, -0.25) is 9.69 Å². The van der Waals surface area contributed by atoms with Crippen molar-refractivity contribution in [2.24, 2.45) is 11.1 Å². The van der Waals surface area contributed by atoms with Crippen LogP contribution in [0.3, 0.4) is 0 Å². The molecule has 2 saturated heterocycles. The Morgan fingerprint density at radius 1 is 1.27 bits per heavy atom. The lowest BCUT2D eigenvalue weighted by Crippen LogP contribution is -2.40. The number of carbonyl (C=O) groups is 1. The Bertz CT molecular complexity index is 680. The first-order valence-corrected chi connectivity index (χ1v) is 9.69. The predicted octanol–water partition coefficient (Wildman–Crippen LogP) is 1.79. The Labute approximate surface area is 155 Å². The zero-order valence-corrected chi connectivity index (χ0v) is 15.6. The molecule has 0 saturated carbocycles. The summed E-state index contributed by atoms with van der Waals surface area (Å²) in [5, 5.41) is 0. The van der Waals surface area contributed by atoms with Crippen molar-refractivity contribution in [3.63, 3.8) is 0 Å². The third kappa shape index (κ3) is 3.40. The topological polar surface area (TPSA) is 68.0 Å². The Morgan fingerprint density at radius 2 is 2.08 bits per heavy atom. The average molecular weight is 359 g/mol. The fourth-order valence-corrected chi connectivity index (χ4v) is 4.39. The van der Waals surface area contributed by atoms with Crippen molar-refractivity contribution in [3.05, 3.63) is 23.8 Å². The van der Waals surface area contributed by atoms with E-state index in [0.29, 0.717) is 26.3 Å². The minimum Gasteiger partial charge on any atom is -0.486 e. The molecule has 1 aromatic carbocycles. The summed E-state index contributed by atoms with van der Waals surface area (Å²) in [6.07, 6.45) is 3.12. The maximum absolute atomic E-state index is 13.0. The maximum atomic E-state index is 13.0. The molecule has 3 heterocycles. The Hall–Kier alpha value is -1.79. The fraction of sp³-hybridized carbons (Fsp3) is 0.650. The molecule has 3 aliphatic heterocycles. The number of benzene rings is 1. The van der Waals surface area contributed by atoms with Gasteiger partial charge in [-0.15, -0.1) is 0 Å². The van der Waals surface area contributed by atoms with Crippen LogP contribution in [-0.4, -0.2) is 61.6 Å². The van der Waals surface area contributed by atoms with Gasteiger partial charge in [0.25, 0.3) is 0 Å². The predicted molar refractivity (Wildman–Crippen MR) is 99.3 cm³/mol. The van der Waals surface area contributed by atoms with Gasteiger partial charge in [0, 0.05) is 13.1 Å². The number of hydrogen-bond acceptors (Lipinski definition) is 5. The van der Waals surface area contributed by atoms with Gasteiger partial charge in [0.05, 0.1) is 12.6 Å². The molecule has 0 spiro atoms. The summed E-state index contributed by atoms with van der Waals surface area (Å²) in [6, 6.07) is 6.23. The summed E-state index contributed by atoms with van der Waals surface area (Å²) in [4.78, 5) is 17.3. The van der Waals surface area contributed by atoms with Gasteiger partial charge < -0.3 is 20.1 Å². The average Bonchev–Trinajstić information content (AvgIpc) is 3.29. The second kappa shape index (κ2) is 7.08. The number of hydrogen-bond donors (Lipinski definition) is 1. The van der Waals surface area contributed by atoms with Crippen LogP contribution in [-0.2, 0) is 4.79 Å². The molecule has 4 rings (SSSR count). The van der Waals surface area contributed by atoms with Crippen molar-refractivity contribution in [2.75, 3.05) is 45.9 Å². The van der Waals surface area contributed by atoms with Crippen LogP contribution in [0.5, 0.6) is 11.5 Å². The second-order valence-corrected chi connectivity index (χ2v) is 8.12. The highest BCUT2D eigenvalue weighted by atomic mass is 16.6. The van der Waals surface area contributed by atoms with Crippen molar-refractivity contribution < 1.29 is 14.3 Å². The SMILES string of the molecule is CC1(CN)CCN(CC(=O)N2CCCC2c2ccc3c(c2)OCCO3)C1. The molecule has 2 fully saturated rings. The summed E-state index contributed by atoms with van der Waals surface area (Å²) >= 11 is 0. The first-order valence-electron chi connectivity index (χ1n) is 9.69. The minimum absolute atomic E-state index is 0.141. The first-order chi connectivity index (χ1) is 12.6. The van der Waals surface area contributed by atoms with Gasteiger partial charge in [-0.1, -0.05) is 13.0 Å². The van der Waals surface area contributed by atoms with Crippen LogP contribution in [0, 0.1) is 5.41 Å². The number of rotatable bonds is 4. The maximum Gasteiger partial charge on any atom is 0.237 e. The smallest absolute Gasteiger partial charge is 0.237 e. The number of likely N-dealkylation sites (tertiary alicyclic amines) is 2. The van der Waals surface area contributed by atoms with Gasteiger partial charge in [0.1, 0.15) is 13.2 Å². The Balaban J connectivity index is 1.44. The van der Waals surface area contributed by atoms with E-state index < -0.39 is 0 Å². The molecule has 0 aromatic heterocycles. The van der Waals surface area contributed by atoms with Crippen LogP contribution >= 0.6 is 0 Å². The lowest BCUT2D eigenvalue weighted by atomic mass is 9.90. The standard InChI is InChI=1S/C20H29N3O3/c1-20(13-21)6-8-22(14-20)12-19(24)23-7-2-3-16(23)15-4-5-17-18(11-15)26-10-9-25-17/h4-5,11,16H,2-3,6-10,12-14,21H2,1H3. The highest BCUT2D eigenvalue weighted by molar-refractivity contribution is 5.79. The number of nitrogens with zero attached hydrogens (tertiary/aromatic N) is 2. The van der Waals surface area contributed by atoms with E-state index in [1.54, 1.807) is 0 Å². The monoisotopic (exact) mass is 359 g/mol. The summed E-state index contributed by atoms with van der Waals surface area (Å²) in [5.41, 5.74) is 7.19. The molecule has 0 radical (unpaired) electrons. The molecule has 142 valence electrons. The molecule has 1 amide bonds. The summed E-state index contributed by atoms with van der Waals surface area (Å²) in [7, 11) is 0. The van der Waals surface area contributed by atoms with Gasteiger partial charge >= 0.3 is 0 Å². The lowest BCUT2D eigenvalue weighted by Gasteiger charge is -2.29. The molecule has 6 nitrogen and oxygen atoms in total. The van der Waals surface area contributed by atoms with Crippen LogP contribution in [0.15, 0.2) is 18.2 Å². The van der Waals surface area contributed by atoms with Crippen molar-refractivity contribution in [1.29, 1.82) is 0 Å². The van der Waals surface area contributed by atoms with Crippen molar-refractivity contribution in [2.45, 2.75) is 32.2 Å². The molecule has 0 aliphatic carbocycles. The molecular weight excluding hydrogens is 330 g/mol. The molecule has 6 heteroatoms. The Kier molecular flexibility index (Phi) is 4.80. The molecule has 26 heavy (non-hydrogen) atoms. The van der Waals surface area contributed by atoms with Crippen molar-refractivity contribution in [1.82, 2.24) is 9.80 Å². The largest absolute Gasteiger partial charge is 0.486 e. The van der Waals surface area contributed by atoms with Gasteiger partial charge in [-0.05, 0) is 55.5 Å². The molecular formula is C20H29N3O3. The van der Waals surface area contributed by atoms with Gasteiger partial charge in [0.2, 0.25) is 5.91 Å². The van der Waals surface area contributed by atoms with Gasteiger partial charge in [-0.2, -0.15) is 0 Å². The molecule has 1 aromatic rings. The molecule has 2 unspecified atom stereocenters. The van der Waals surface area contributed by atoms with E-state index >= 15 is 0 Å². The van der Waals surface area contributed by atoms with Crippen LogP contribution in [0.2, 0.25) is 0 Å². The summed E-state index contributed by atoms with van der Waals surface area (Å²) in [6.45, 7) is 7.28. The molecule has 2 N–H and O–H groups in total. The van der Waals surface area contributed by atoms with E-state index in [1.165, 1.54) is 0 Å². The molecule has 2 atom stereocenters. The van der Waals surface area contributed by atoms with E-state index in [9.17, 15) is 4.79 Å². The van der Waals surface area contributed by atoms with Crippen molar-refractivity contribution in [3.8, 4) is 11.5 Å². The Morgan fingerprint density at radius 3 is 2.85 bits per heavy atom.